The smallest absolute Gasteiger partial charge is 0.270 e. The highest BCUT2D eigenvalue weighted by Gasteiger charge is 2.20. The zero-order valence-corrected chi connectivity index (χ0v) is 14.3. The van der Waals surface area contributed by atoms with E-state index in [4.69, 9.17) is 5.73 Å². The first-order chi connectivity index (χ1) is 12.1. The van der Waals surface area contributed by atoms with Crippen molar-refractivity contribution in [2.24, 2.45) is 5.73 Å². The number of hydrogen-bond acceptors (Lipinski definition) is 6. The number of hydrogen-bond donors (Lipinski definition) is 2. The number of aromatic nitrogens is 2. The van der Waals surface area contributed by atoms with Crippen LogP contribution in [0.4, 0.5) is 11.6 Å². The molecular formula is C17H17N5O2S. The van der Waals surface area contributed by atoms with E-state index in [1.165, 1.54) is 11.3 Å². The number of carbonyl (C=O) groups is 1. The van der Waals surface area contributed by atoms with E-state index in [2.05, 4.69) is 19.8 Å². The van der Waals surface area contributed by atoms with Gasteiger partial charge in [-0.15, -0.1) is 11.3 Å². The van der Waals surface area contributed by atoms with Crippen molar-refractivity contribution in [2.75, 3.05) is 36.0 Å². The number of H-pyrrole nitrogens is 1. The lowest BCUT2D eigenvalue weighted by Gasteiger charge is -2.36. The Morgan fingerprint density at radius 1 is 1.16 bits per heavy atom. The van der Waals surface area contributed by atoms with E-state index in [1.807, 2.05) is 29.6 Å². The van der Waals surface area contributed by atoms with E-state index in [-0.39, 0.29) is 5.56 Å². The van der Waals surface area contributed by atoms with Crippen LogP contribution in [0.3, 0.4) is 0 Å². The van der Waals surface area contributed by atoms with Gasteiger partial charge in [0.05, 0.1) is 5.52 Å². The first kappa shape index (κ1) is 15.6. The van der Waals surface area contributed by atoms with Gasteiger partial charge in [0.15, 0.2) is 0 Å². The number of nitrogens with two attached hydrogens (primary N) is 1. The van der Waals surface area contributed by atoms with Gasteiger partial charge in [-0.25, -0.2) is 4.98 Å². The molecular weight excluding hydrogens is 338 g/mol. The molecule has 2 aromatic heterocycles. The summed E-state index contributed by atoms with van der Waals surface area (Å²) in [5, 5.41) is 1.88. The topological polar surface area (TPSA) is 95.3 Å². The summed E-state index contributed by atoms with van der Waals surface area (Å²) in [7, 11) is 0. The van der Waals surface area contributed by atoms with Gasteiger partial charge in [-0.1, -0.05) is 6.07 Å². The second-order valence-corrected chi connectivity index (χ2v) is 6.83. The first-order valence-electron chi connectivity index (χ1n) is 7.99. The number of nitrogens with zero attached hydrogens (tertiary/aromatic N) is 3. The minimum Gasteiger partial charge on any atom is -0.368 e. The number of aromatic amines is 1. The maximum Gasteiger partial charge on any atom is 0.270 e. The van der Waals surface area contributed by atoms with Crippen molar-refractivity contribution in [1.29, 1.82) is 0 Å². The molecule has 1 aromatic carbocycles. The molecule has 0 unspecified atom stereocenters. The highest BCUT2D eigenvalue weighted by atomic mass is 32.1. The summed E-state index contributed by atoms with van der Waals surface area (Å²) in [5.74, 6) is 0.188. The third-order valence-electron chi connectivity index (χ3n) is 4.38. The highest BCUT2D eigenvalue weighted by Crippen LogP contribution is 2.21. The van der Waals surface area contributed by atoms with Gasteiger partial charge in [-0.2, -0.15) is 0 Å². The van der Waals surface area contributed by atoms with Crippen LogP contribution in [-0.4, -0.2) is 42.1 Å². The molecule has 4 rings (SSSR count). The minimum atomic E-state index is -0.425. The van der Waals surface area contributed by atoms with Gasteiger partial charge in [0, 0.05) is 37.4 Å². The maximum atomic E-state index is 12.1. The number of nitrogens with one attached hydrogen (secondary N) is 1. The fraction of sp³-hybridized carbons (Fsp3) is 0.235. The molecule has 7 nitrogen and oxygen atoms in total. The normalized spacial score (nSPS) is 14.9. The van der Waals surface area contributed by atoms with Crippen LogP contribution in [0.2, 0.25) is 0 Å². The summed E-state index contributed by atoms with van der Waals surface area (Å²) in [6.07, 6.45) is 0. The quantitative estimate of drug-likeness (QED) is 0.741. The highest BCUT2D eigenvalue weighted by molar-refractivity contribution is 7.17. The lowest BCUT2D eigenvalue weighted by atomic mass is 10.1. The van der Waals surface area contributed by atoms with Crippen molar-refractivity contribution in [3.8, 4) is 0 Å². The van der Waals surface area contributed by atoms with Gasteiger partial charge < -0.3 is 15.5 Å². The second-order valence-electron chi connectivity index (χ2n) is 5.91. The van der Waals surface area contributed by atoms with Crippen LogP contribution in [0.25, 0.3) is 10.2 Å². The number of primary amides is 1. The Kier molecular flexibility index (Phi) is 3.89. The molecule has 25 heavy (non-hydrogen) atoms. The summed E-state index contributed by atoms with van der Waals surface area (Å²) < 4.78 is 0.658. The van der Waals surface area contributed by atoms with E-state index < -0.39 is 5.91 Å². The summed E-state index contributed by atoms with van der Waals surface area (Å²) in [6, 6.07) is 9.21. The average molecular weight is 355 g/mol. The summed E-state index contributed by atoms with van der Waals surface area (Å²) in [6.45, 7) is 3.01. The SMILES string of the molecule is NC(=O)c1cccc(N2CCN(c3nc4ccsc4c(=O)[nH]3)CC2)c1. The van der Waals surface area contributed by atoms with Crippen molar-refractivity contribution in [1.82, 2.24) is 9.97 Å². The Labute approximate surface area is 147 Å². The number of benzene rings is 1. The van der Waals surface area contributed by atoms with Gasteiger partial charge in [0.2, 0.25) is 11.9 Å². The molecule has 3 aromatic rings. The summed E-state index contributed by atoms with van der Waals surface area (Å²) in [5.41, 5.74) is 7.49. The zero-order valence-electron chi connectivity index (χ0n) is 13.4. The van der Waals surface area contributed by atoms with Crippen LogP contribution in [0.15, 0.2) is 40.5 Å². The van der Waals surface area contributed by atoms with Crippen LogP contribution in [-0.2, 0) is 0 Å². The Morgan fingerprint density at radius 2 is 1.92 bits per heavy atom. The van der Waals surface area contributed by atoms with Gasteiger partial charge in [0.1, 0.15) is 4.70 Å². The molecule has 3 N–H and O–H groups in total. The Morgan fingerprint density at radius 3 is 2.68 bits per heavy atom. The number of thiophene rings is 1. The Balaban J connectivity index is 1.52. The Hall–Kier alpha value is -2.87. The fourth-order valence-corrected chi connectivity index (χ4v) is 3.77. The molecule has 1 saturated heterocycles. The number of carbonyl (C=O) groups excluding carboxylic acids is 1. The van der Waals surface area contributed by atoms with E-state index in [1.54, 1.807) is 6.07 Å². The molecule has 1 aliphatic heterocycles. The molecule has 1 aliphatic rings. The summed E-state index contributed by atoms with van der Waals surface area (Å²) in [4.78, 5) is 35.2. The molecule has 0 atom stereocenters. The van der Waals surface area contributed by atoms with Crippen molar-refractivity contribution < 1.29 is 4.79 Å². The zero-order chi connectivity index (χ0) is 17.4. The van der Waals surface area contributed by atoms with E-state index >= 15 is 0 Å². The van der Waals surface area contributed by atoms with E-state index in [9.17, 15) is 9.59 Å². The molecule has 1 fully saturated rings. The standard InChI is InChI=1S/C17H17N5O2S/c18-15(23)11-2-1-3-12(10-11)21-5-7-22(8-6-21)17-19-13-4-9-25-14(13)16(24)20-17/h1-4,9-10H,5-8H2,(H2,18,23)(H,19,20,24). The monoisotopic (exact) mass is 355 g/mol. The van der Waals surface area contributed by atoms with Crippen LogP contribution in [0, 0.1) is 0 Å². The van der Waals surface area contributed by atoms with Gasteiger partial charge in [-0.05, 0) is 29.6 Å². The fourth-order valence-electron chi connectivity index (χ4n) is 3.04. The molecule has 0 spiro atoms. The molecule has 128 valence electrons. The third-order valence-corrected chi connectivity index (χ3v) is 5.28. The van der Waals surface area contributed by atoms with Crippen molar-refractivity contribution >= 4 is 39.1 Å². The van der Waals surface area contributed by atoms with E-state index in [0.29, 0.717) is 16.2 Å². The molecule has 0 bridgehead atoms. The number of rotatable bonds is 3. The van der Waals surface area contributed by atoms with Gasteiger partial charge >= 0.3 is 0 Å². The minimum absolute atomic E-state index is 0.0911. The van der Waals surface area contributed by atoms with Crippen LogP contribution in [0.5, 0.6) is 0 Å². The van der Waals surface area contributed by atoms with Crippen LogP contribution < -0.4 is 21.1 Å². The van der Waals surface area contributed by atoms with E-state index in [0.717, 1.165) is 37.4 Å². The second kappa shape index (κ2) is 6.21. The number of anilines is 2. The molecule has 0 aliphatic carbocycles. The van der Waals surface area contributed by atoms with Crippen LogP contribution in [0.1, 0.15) is 10.4 Å². The Bertz CT molecular complexity index is 988. The molecule has 3 heterocycles. The van der Waals surface area contributed by atoms with Crippen LogP contribution >= 0.6 is 11.3 Å². The largest absolute Gasteiger partial charge is 0.368 e. The van der Waals surface area contributed by atoms with Crippen molar-refractivity contribution in [3.05, 3.63) is 51.6 Å². The molecule has 8 heteroatoms. The van der Waals surface area contributed by atoms with Gasteiger partial charge in [0.25, 0.3) is 5.56 Å². The predicted octanol–water partition coefficient (Wildman–Crippen LogP) is 1.41. The van der Waals surface area contributed by atoms with Crippen molar-refractivity contribution in [2.45, 2.75) is 0 Å². The molecule has 1 amide bonds. The lowest BCUT2D eigenvalue weighted by Crippen LogP contribution is -2.47. The lowest BCUT2D eigenvalue weighted by molar-refractivity contribution is 0.100. The molecule has 0 radical (unpaired) electrons. The first-order valence-corrected chi connectivity index (χ1v) is 8.87. The third kappa shape index (κ3) is 2.96. The maximum absolute atomic E-state index is 12.1. The predicted molar refractivity (Wildman–Crippen MR) is 99.6 cm³/mol. The summed E-state index contributed by atoms with van der Waals surface area (Å²) >= 11 is 1.40. The number of fused-ring (bicyclic) bond motifs is 1. The van der Waals surface area contributed by atoms with Crippen molar-refractivity contribution in [3.63, 3.8) is 0 Å². The average Bonchev–Trinajstić information content (AvgIpc) is 3.11. The molecule has 0 saturated carbocycles. The number of piperazine rings is 1. The number of amides is 1. The van der Waals surface area contributed by atoms with Gasteiger partial charge in [-0.3, -0.25) is 14.6 Å².